The van der Waals surface area contributed by atoms with E-state index in [0.717, 1.165) is 18.4 Å². The zero-order valence-electron chi connectivity index (χ0n) is 12.7. The van der Waals surface area contributed by atoms with E-state index in [9.17, 15) is 13.2 Å². The highest BCUT2D eigenvalue weighted by molar-refractivity contribution is 7.92. The Bertz CT molecular complexity index is 652. The van der Waals surface area contributed by atoms with Crippen LogP contribution in [0.15, 0.2) is 16.7 Å². The molecule has 2 unspecified atom stereocenters. The van der Waals surface area contributed by atoms with E-state index in [1.807, 2.05) is 6.07 Å². The topological polar surface area (TPSA) is 79.6 Å². The van der Waals surface area contributed by atoms with Gasteiger partial charge in [0.1, 0.15) is 11.8 Å². The Morgan fingerprint density at radius 3 is 2.95 bits per heavy atom. The third-order valence-electron chi connectivity index (χ3n) is 4.68. The lowest BCUT2D eigenvalue weighted by Gasteiger charge is -2.30. The Morgan fingerprint density at radius 2 is 2.23 bits per heavy atom. The number of fused-ring (bicyclic) bond motifs is 1. The molecule has 6 nitrogen and oxygen atoms in total. The van der Waals surface area contributed by atoms with E-state index in [1.54, 1.807) is 18.2 Å². The van der Waals surface area contributed by atoms with Gasteiger partial charge in [-0.2, -0.15) is 0 Å². The molecule has 0 bridgehead atoms. The molecule has 2 aliphatic rings. The average molecular weight is 326 g/mol. The predicted octanol–water partition coefficient (Wildman–Crippen LogP) is 0.892. The van der Waals surface area contributed by atoms with E-state index in [0.29, 0.717) is 31.7 Å². The van der Waals surface area contributed by atoms with Crippen LogP contribution in [-0.2, 0) is 21.1 Å². The first-order valence-corrected chi connectivity index (χ1v) is 9.48. The maximum atomic E-state index is 12.7. The molecule has 1 N–H and O–H groups in total. The van der Waals surface area contributed by atoms with Gasteiger partial charge in [0.05, 0.1) is 17.3 Å². The number of furan rings is 1. The van der Waals surface area contributed by atoms with Crippen molar-refractivity contribution >= 4 is 15.7 Å². The smallest absolute Gasteiger partial charge is 0.247 e. The van der Waals surface area contributed by atoms with E-state index in [-0.39, 0.29) is 11.7 Å². The van der Waals surface area contributed by atoms with Gasteiger partial charge in [-0.1, -0.05) is 6.42 Å². The van der Waals surface area contributed by atoms with Crippen molar-refractivity contribution in [2.45, 2.75) is 37.0 Å². The summed E-state index contributed by atoms with van der Waals surface area (Å²) in [5.74, 6) is 0.800. The van der Waals surface area contributed by atoms with Crippen LogP contribution in [0.3, 0.4) is 0 Å². The lowest BCUT2D eigenvalue weighted by atomic mass is 10.1. The maximum Gasteiger partial charge on any atom is 0.247 e. The van der Waals surface area contributed by atoms with Crippen molar-refractivity contribution in [2.24, 2.45) is 0 Å². The van der Waals surface area contributed by atoms with Crippen LogP contribution in [0.25, 0.3) is 0 Å². The van der Waals surface area contributed by atoms with Crippen molar-refractivity contribution in [3.05, 3.63) is 23.7 Å². The average Bonchev–Trinajstić information content (AvgIpc) is 2.89. The molecule has 122 valence electrons. The minimum Gasteiger partial charge on any atom is -0.467 e. The highest BCUT2D eigenvalue weighted by Crippen LogP contribution is 2.27. The molecule has 3 heterocycles. The van der Waals surface area contributed by atoms with Gasteiger partial charge in [-0.3, -0.25) is 4.79 Å². The highest BCUT2D eigenvalue weighted by Gasteiger charge is 2.36. The normalized spacial score (nSPS) is 28.2. The number of sulfone groups is 1. The summed E-state index contributed by atoms with van der Waals surface area (Å²) in [7, 11) is -1.36. The molecule has 1 amide bonds. The van der Waals surface area contributed by atoms with Crippen LogP contribution in [0.1, 0.15) is 36.6 Å². The number of hydrogen-bond donors (Lipinski definition) is 1. The lowest BCUT2D eigenvalue weighted by molar-refractivity contribution is -0.133. The Labute approximate surface area is 130 Å². The molecule has 1 saturated heterocycles. The van der Waals surface area contributed by atoms with E-state index >= 15 is 0 Å². The van der Waals surface area contributed by atoms with Gasteiger partial charge in [0.2, 0.25) is 5.91 Å². The fourth-order valence-electron chi connectivity index (χ4n) is 3.38. The molecule has 0 aliphatic carbocycles. The molecule has 1 aromatic heterocycles. The SMILES string of the molecule is CNC1C(=O)N(CC2CCCCS2(=O)=O)CCc2ccoc21. The van der Waals surface area contributed by atoms with Crippen LogP contribution >= 0.6 is 0 Å². The fourth-order valence-corrected chi connectivity index (χ4v) is 5.25. The van der Waals surface area contributed by atoms with Gasteiger partial charge in [0.25, 0.3) is 0 Å². The number of rotatable bonds is 3. The maximum absolute atomic E-state index is 12.7. The summed E-state index contributed by atoms with van der Waals surface area (Å²) >= 11 is 0. The first-order chi connectivity index (χ1) is 10.5. The summed E-state index contributed by atoms with van der Waals surface area (Å²) in [5, 5.41) is 2.57. The molecule has 3 rings (SSSR count). The van der Waals surface area contributed by atoms with Crippen molar-refractivity contribution in [1.29, 1.82) is 0 Å². The largest absolute Gasteiger partial charge is 0.467 e. The summed E-state index contributed by atoms with van der Waals surface area (Å²) in [6.07, 6.45) is 4.61. The summed E-state index contributed by atoms with van der Waals surface area (Å²) in [6.45, 7) is 0.833. The third-order valence-corrected chi connectivity index (χ3v) is 6.94. The van der Waals surface area contributed by atoms with Crippen LogP contribution in [0, 0.1) is 0 Å². The summed E-state index contributed by atoms with van der Waals surface area (Å²) < 4.78 is 29.9. The van der Waals surface area contributed by atoms with Gasteiger partial charge < -0.3 is 14.6 Å². The Hall–Kier alpha value is -1.34. The van der Waals surface area contributed by atoms with Gasteiger partial charge in [0.15, 0.2) is 9.84 Å². The van der Waals surface area contributed by atoms with Crippen molar-refractivity contribution in [2.75, 3.05) is 25.9 Å². The fraction of sp³-hybridized carbons (Fsp3) is 0.667. The molecule has 0 aromatic carbocycles. The van der Waals surface area contributed by atoms with E-state index in [4.69, 9.17) is 4.42 Å². The molecule has 0 spiro atoms. The van der Waals surface area contributed by atoms with Crippen molar-refractivity contribution in [3.8, 4) is 0 Å². The Morgan fingerprint density at radius 1 is 1.41 bits per heavy atom. The third kappa shape index (κ3) is 2.79. The second kappa shape index (κ2) is 6.04. The Balaban J connectivity index is 1.80. The van der Waals surface area contributed by atoms with Crippen LogP contribution < -0.4 is 5.32 Å². The highest BCUT2D eigenvalue weighted by atomic mass is 32.2. The van der Waals surface area contributed by atoms with Gasteiger partial charge in [-0.25, -0.2) is 8.42 Å². The molecular weight excluding hydrogens is 304 g/mol. The van der Waals surface area contributed by atoms with Crippen molar-refractivity contribution in [1.82, 2.24) is 10.2 Å². The van der Waals surface area contributed by atoms with Gasteiger partial charge in [-0.05, 0) is 37.9 Å². The molecule has 1 fully saturated rings. The van der Waals surface area contributed by atoms with Crippen LogP contribution in [0.5, 0.6) is 0 Å². The number of hydrogen-bond acceptors (Lipinski definition) is 5. The van der Waals surface area contributed by atoms with Gasteiger partial charge >= 0.3 is 0 Å². The molecule has 0 radical (unpaired) electrons. The monoisotopic (exact) mass is 326 g/mol. The second-order valence-corrected chi connectivity index (χ2v) is 8.45. The van der Waals surface area contributed by atoms with Crippen LogP contribution in [0.4, 0.5) is 0 Å². The zero-order valence-corrected chi connectivity index (χ0v) is 13.6. The zero-order chi connectivity index (χ0) is 15.7. The molecular formula is C15H22N2O4S. The van der Waals surface area contributed by atoms with Gasteiger partial charge in [0, 0.05) is 13.1 Å². The molecule has 1 aromatic rings. The summed E-state index contributed by atoms with van der Waals surface area (Å²) in [5.41, 5.74) is 1.02. The Kier molecular flexibility index (Phi) is 4.27. The molecule has 2 atom stereocenters. The van der Waals surface area contributed by atoms with Crippen LogP contribution in [-0.4, -0.2) is 50.4 Å². The van der Waals surface area contributed by atoms with E-state index < -0.39 is 21.1 Å². The lowest BCUT2D eigenvalue weighted by Crippen LogP contribution is -2.46. The van der Waals surface area contributed by atoms with Crippen molar-refractivity contribution < 1.29 is 17.6 Å². The van der Waals surface area contributed by atoms with Crippen LogP contribution in [0.2, 0.25) is 0 Å². The first-order valence-electron chi connectivity index (χ1n) is 7.77. The van der Waals surface area contributed by atoms with E-state index in [2.05, 4.69) is 5.32 Å². The number of nitrogens with zero attached hydrogens (tertiary/aromatic N) is 1. The summed E-state index contributed by atoms with van der Waals surface area (Å²) in [6, 6.07) is 1.35. The molecule has 22 heavy (non-hydrogen) atoms. The quantitative estimate of drug-likeness (QED) is 0.892. The standard InChI is InChI=1S/C15H22N2O4S/c1-16-13-14-11(6-8-21-14)5-7-17(15(13)18)10-12-4-2-3-9-22(12,19)20/h6,8,12-13,16H,2-5,7,9-10H2,1H3. The number of carbonyl (C=O) groups is 1. The predicted molar refractivity (Wildman–Crippen MR) is 82.2 cm³/mol. The number of likely N-dealkylation sites (N-methyl/N-ethyl adjacent to an activating group) is 1. The van der Waals surface area contributed by atoms with E-state index in [1.165, 1.54) is 0 Å². The minimum atomic E-state index is -3.07. The number of nitrogens with one attached hydrogen (secondary N) is 1. The van der Waals surface area contributed by atoms with Crippen molar-refractivity contribution in [3.63, 3.8) is 0 Å². The minimum absolute atomic E-state index is 0.100. The molecule has 7 heteroatoms. The van der Waals surface area contributed by atoms with Gasteiger partial charge in [-0.15, -0.1) is 0 Å². The first kappa shape index (κ1) is 15.6. The molecule has 2 aliphatic heterocycles. The number of carbonyl (C=O) groups excluding carboxylic acids is 1. The molecule has 0 saturated carbocycles. The number of amides is 1. The second-order valence-electron chi connectivity index (χ2n) is 6.05. The summed E-state index contributed by atoms with van der Waals surface area (Å²) in [4.78, 5) is 14.4.